The van der Waals surface area contributed by atoms with Crippen LogP contribution in [0.5, 0.6) is 0 Å². The maximum atomic E-state index is 9.72. The summed E-state index contributed by atoms with van der Waals surface area (Å²) >= 11 is 0. The predicted molar refractivity (Wildman–Crippen MR) is 60.0 cm³/mol. The number of likely N-dealkylation sites (tertiary alicyclic amines) is 1. The van der Waals surface area contributed by atoms with Crippen molar-refractivity contribution in [3.8, 4) is 0 Å². The second-order valence-electron chi connectivity index (χ2n) is 4.50. The number of β-amino-alcohol motifs (C(OH)–C–C–N with tert-alkyl or cyclic N) is 1. The van der Waals surface area contributed by atoms with Gasteiger partial charge in [-0.25, -0.2) is 0 Å². The molecular weight excluding hydrogens is 210 g/mol. The lowest BCUT2D eigenvalue weighted by atomic mass is 9.94. The molecule has 1 rings (SSSR count). The number of rotatable bonds is 5. The van der Waals surface area contributed by atoms with E-state index in [0.717, 1.165) is 25.8 Å². The molecule has 5 nitrogen and oxygen atoms in total. The molecule has 1 unspecified atom stereocenters. The first-order valence-corrected chi connectivity index (χ1v) is 6.01. The molecule has 0 amide bonds. The van der Waals surface area contributed by atoms with Crippen LogP contribution < -0.4 is 0 Å². The van der Waals surface area contributed by atoms with Gasteiger partial charge in [-0.2, -0.15) is 0 Å². The Balaban J connectivity index is 2.53. The van der Waals surface area contributed by atoms with Gasteiger partial charge in [0.2, 0.25) is 0 Å². The summed E-state index contributed by atoms with van der Waals surface area (Å²) in [6.07, 6.45) is 0.00600. The van der Waals surface area contributed by atoms with E-state index in [1.54, 1.807) is 0 Å². The quantitative estimate of drug-likeness (QED) is 0.455. The molecule has 0 aliphatic carbocycles. The van der Waals surface area contributed by atoms with Crippen LogP contribution in [0.4, 0.5) is 0 Å². The van der Waals surface area contributed by atoms with Gasteiger partial charge in [0.25, 0.3) is 0 Å². The zero-order valence-electron chi connectivity index (χ0n) is 9.79. The van der Waals surface area contributed by atoms with Crippen molar-refractivity contribution in [2.24, 2.45) is 0 Å². The summed E-state index contributed by atoms with van der Waals surface area (Å²) in [5, 5.41) is 38.0. The smallest absolute Gasteiger partial charge is 0.109 e. The summed E-state index contributed by atoms with van der Waals surface area (Å²) in [6.45, 7) is 2.96. The molecule has 0 radical (unpaired) electrons. The molecule has 1 heterocycles. The predicted octanol–water partition coefficient (Wildman–Crippen LogP) is -1.06. The van der Waals surface area contributed by atoms with Gasteiger partial charge in [0, 0.05) is 6.54 Å². The third kappa shape index (κ3) is 3.15. The van der Waals surface area contributed by atoms with E-state index >= 15 is 0 Å². The molecule has 16 heavy (non-hydrogen) atoms. The average Bonchev–Trinajstić information content (AvgIpc) is 2.27. The number of hydrogen-bond donors (Lipinski definition) is 4. The van der Waals surface area contributed by atoms with E-state index in [1.807, 2.05) is 4.90 Å². The van der Waals surface area contributed by atoms with Gasteiger partial charge in [-0.1, -0.05) is 19.8 Å². The Morgan fingerprint density at radius 3 is 2.38 bits per heavy atom. The fraction of sp³-hybridized carbons (Fsp3) is 1.00. The standard InChI is InChI=1S/C11H23NO4/c1-2-3-4-5-12-6-9(14)11(16)10(15)8(12)7-13/h8-11,13-16H,2-7H2,1H3/t8?,9-,10+,11+/m0/s1. The maximum absolute atomic E-state index is 9.72. The minimum absolute atomic E-state index is 0.197. The first-order valence-electron chi connectivity index (χ1n) is 6.01. The number of piperidine rings is 1. The number of aliphatic hydroxyl groups is 4. The monoisotopic (exact) mass is 233 g/mol. The van der Waals surface area contributed by atoms with Crippen molar-refractivity contribution >= 4 is 0 Å². The number of unbranched alkanes of at least 4 members (excludes halogenated alkanes) is 2. The summed E-state index contributed by atoms with van der Waals surface area (Å²) < 4.78 is 0. The zero-order chi connectivity index (χ0) is 12.1. The van der Waals surface area contributed by atoms with Gasteiger partial charge in [0.15, 0.2) is 0 Å². The Kier molecular flexibility index (Phi) is 5.64. The van der Waals surface area contributed by atoms with Gasteiger partial charge in [0.1, 0.15) is 12.2 Å². The Bertz CT molecular complexity index is 202. The van der Waals surface area contributed by atoms with Crippen LogP contribution in [0.3, 0.4) is 0 Å². The molecule has 0 saturated carbocycles. The Hall–Kier alpha value is -0.200. The van der Waals surface area contributed by atoms with E-state index in [2.05, 4.69) is 6.92 Å². The van der Waals surface area contributed by atoms with Crippen molar-refractivity contribution in [1.82, 2.24) is 4.90 Å². The van der Waals surface area contributed by atoms with Crippen LogP contribution in [0, 0.1) is 0 Å². The van der Waals surface area contributed by atoms with Crippen LogP contribution in [-0.2, 0) is 0 Å². The molecule has 0 aromatic heterocycles. The van der Waals surface area contributed by atoms with Gasteiger partial charge < -0.3 is 20.4 Å². The fourth-order valence-electron chi connectivity index (χ4n) is 2.20. The molecule has 1 saturated heterocycles. The topological polar surface area (TPSA) is 84.2 Å². The van der Waals surface area contributed by atoms with Crippen LogP contribution >= 0.6 is 0 Å². The summed E-state index contributed by atoms with van der Waals surface area (Å²) in [6, 6.07) is -0.463. The van der Waals surface area contributed by atoms with Crippen molar-refractivity contribution in [3.63, 3.8) is 0 Å². The molecular formula is C11H23NO4. The highest BCUT2D eigenvalue weighted by molar-refractivity contribution is 4.93. The minimum Gasteiger partial charge on any atom is -0.395 e. The number of nitrogens with zero attached hydrogens (tertiary/aromatic N) is 1. The van der Waals surface area contributed by atoms with E-state index in [-0.39, 0.29) is 6.61 Å². The van der Waals surface area contributed by atoms with Gasteiger partial charge in [0.05, 0.1) is 18.8 Å². The van der Waals surface area contributed by atoms with Gasteiger partial charge in [-0.15, -0.1) is 0 Å². The number of hydrogen-bond acceptors (Lipinski definition) is 5. The van der Waals surface area contributed by atoms with Crippen molar-refractivity contribution in [3.05, 3.63) is 0 Å². The highest BCUT2D eigenvalue weighted by atomic mass is 16.4. The number of aliphatic hydroxyl groups excluding tert-OH is 4. The zero-order valence-corrected chi connectivity index (χ0v) is 9.79. The third-order valence-corrected chi connectivity index (χ3v) is 3.26. The SMILES string of the molecule is CCCCCN1C[C@H](O)[C@@H](O)[C@H](O)C1CO. The van der Waals surface area contributed by atoms with E-state index in [4.69, 9.17) is 0 Å². The molecule has 4 N–H and O–H groups in total. The van der Waals surface area contributed by atoms with Crippen LogP contribution in [0.25, 0.3) is 0 Å². The van der Waals surface area contributed by atoms with E-state index < -0.39 is 24.4 Å². The average molecular weight is 233 g/mol. The molecule has 0 aromatic rings. The molecule has 0 spiro atoms. The van der Waals surface area contributed by atoms with Crippen molar-refractivity contribution in [1.29, 1.82) is 0 Å². The molecule has 1 fully saturated rings. The molecule has 96 valence electrons. The van der Waals surface area contributed by atoms with E-state index in [0.29, 0.717) is 6.54 Å². The lowest BCUT2D eigenvalue weighted by molar-refractivity contribution is -0.145. The van der Waals surface area contributed by atoms with Crippen molar-refractivity contribution in [2.45, 2.75) is 50.5 Å². The van der Waals surface area contributed by atoms with Crippen LogP contribution in [-0.4, -0.2) is 69.4 Å². The van der Waals surface area contributed by atoms with Crippen molar-refractivity contribution < 1.29 is 20.4 Å². The van der Waals surface area contributed by atoms with Gasteiger partial charge >= 0.3 is 0 Å². The largest absolute Gasteiger partial charge is 0.395 e. The summed E-state index contributed by atoms with van der Waals surface area (Å²) in [5.74, 6) is 0. The van der Waals surface area contributed by atoms with Crippen LogP contribution in [0.15, 0.2) is 0 Å². The normalized spacial score (nSPS) is 36.6. The molecule has 0 aromatic carbocycles. The fourth-order valence-corrected chi connectivity index (χ4v) is 2.20. The molecule has 4 atom stereocenters. The lowest BCUT2D eigenvalue weighted by Gasteiger charge is -2.43. The van der Waals surface area contributed by atoms with Gasteiger partial charge in [-0.3, -0.25) is 4.90 Å². The molecule has 1 aliphatic heterocycles. The molecule has 0 bridgehead atoms. The summed E-state index contributed by atoms with van der Waals surface area (Å²) in [7, 11) is 0. The summed E-state index contributed by atoms with van der Waals surface area (Å²) in [5.41, 5.74) is 0. The second-order valence-corrected chi connectivity index (χ2v) is 4.50. The Labute approximate surface area is 96.3 Å². The molecule has 1 aliphatic rings. The minimum atomic E-state index is -1.15. The highest BCUT2D eigenvalue weighted by Gasteiger charge is 2.40. The Morgan fingerprint density at radius 1 is 1.12 bits per heavy atom. The lowest BCUT2D eigenvalue weighted by Crippen LogP contribution is -2.62. The van der Waals surface area contributed by atoms with Gasteiger partial charge in [-0.05, 0) is 13.0 Å². The van der Waals surface area contributed by atoms with E-state index in [9.17, 15) is 20.4 Å². The van der Waals surface area contributed by atoms with Crippen molar-refractivity contribution in [2.75, 3.05) is 19.7 Å². The summed E-state index contributed by atoms with van der Waals surface area (Å²) in [4.78, 5) is 1.86. The first kappa shape index (κ1) is 13.9. The maximum Gasteiger partial charge on any atom is 0.109 e. The molecule has 5 heteroatoms. The van der Waals surface area contributed by atoms with Crippen LogP contribution in [0.1, 0.15) is 26.2 Å². The Morgan fingerprint density at radius 2 is 1.81 bits per heavy atom. The van der Waals surface area contributed by atoms with Crippen LogP contribution in [0.2, 0.25) is 0 Å². The highest BCUT2D eigenvalue weighted by Crippen LogP contribution is 2.19. The third-order valence-electron chi connectivity index (χ3n) is 3.26. The second kappa shape index (κ2) is 6.51. The first-order chi connectivity index (χ1) is 7.61. The van der Waals surface area contributed by atoms with E-state index in [1.165, 1.54) is 0 Å².